The summed E-state index contributed by atoms with van der Waals surface area (Å²) in [4.78, 5) is 28.9. The van der Waals surface area contributed by atoms with Crippen molar-refractivity contribution < 1.29 is 9.59 Å². The van der Waals surface area contributed by atoms with Crippen LogP contribution in [0.2, 0.25) is 5.02 Å². The Kier molecular flexibility index (Phi) is 6.58. The molecule has 2 rings (SSSR count). The molecule has 25 heavy (non-hydrogen) atoms. The van der Waals surface area contributed by atoms with E-state index in [4.69, 9.17) is 11.6 Å². The smallest absolute Gasteiger partial charge is 0.251 e. The molecule has 6 nitrogen and oxygen atoms in total. The van der Waals surface area contributed by atoms with Gasteiger partial charge in [0.25, 0.3) is 5.91 Å². The molecule has 1 aromatic carbocycles. The lowest BCUT2D eigenvalue weighted by molar-refractivity contribution is -0.124. The van der Waals surface area contributed by atoms with Crippen LogP contribution in [0.1, 0.15) is 31.1 Å². The SMILES string of the molecule is CC(C)[C@@H](NC(=O)c1ccc(Cl)cc1)C(=O)N[C@H](C)Cn1ccnc1. The maximum Gasteiger partial charge on any atom is 0.251 e. The number of rotatable bonds is 7. The molecule has 0 aliphatic heterocycles. The highest BCUT2D eigenvalue weighted by Gasteiger charge is 2.25. The Hall–Kier alpha value is -2.34. The first kappa shape index (κ1) is 19.0. The normalized spacial score (nSPS) is 13.3. The van der Waals surface area contributed by atoms with E-state index in [1.807, 2.05) is 31.5 Å². The number of nitrogens with one attached hydrogen (secondary N) is 2. The molecule has 0 aliphatic rings. The fourth-order valence-corrected chi connectivity index (χ4v) is 2.58. The number of carbonyl (C=O) groups is 2. The van der Waals surface area contributed by atoms with Crippen LogP contribution in [0, 0.1) is 5.92 Å². The Morgan fingerprint density at radius 3 is 2.40 bits per heavy atom. The highest BCUT2D eigenvalue weighted by molar-refractivity contribution is 6.30. The fraction of sp³-hybridized carbons (Fsp3) is 0.389. The standard InChI is InChI=1S/C18H23ClN4O2/c1-12(2)16(22-17(24)14-4-6-15(19)7-5-14)18(25)21-13(3)10-23-9-8-20-11-23/h4-9,11-13,16H,10H2,1-3H3,(H,21,25)(H,22,24)/t13-,16-/m1/s1. The van der Waals surface area contributed by atoms with E-state index < -0.39 is 6.04 Å². The summed E-state index contributed by atoms with van der Waals surface area (Å²) >= 11 is 5.84. The predicted octanol–water partition coefficient (Wildman–Crippen LogP) is 2.50. The summed E-state index contributed by atoms with van der Waals surface area (Å²) in [7, 11) is 0. The number of aromatic nitrogens is 2. The molecule has 0 unspecified atom stereocenters. The van der Waals surface area contributed by atoms with E-state index in [1.54, 1.807) is 36.8 Å². The van der Waals surface area contributed by atoms with Crippen molar-refractivity contribution in [1.29, 1.82) is 0 Å². The van der Waals surface area contributed by atoms with Crippen molar-refractivity contribution >= 4 is 23.4 Å². The van der Waals surface area contributed by atoms with Gasteiger partial charge in [0, 0.05) is 35.6 Å². The lowest BCUT2D eigenvalue weighted by Crippen LogP contribution is -2.52. The van der Waals surface area contributed by atoms with Crippen molar-refractivity contribution in [3.8, 4) is 0 Å². The van der Waals surface area contributed by atoms with Gasteiger partial charge >= 0.3 is 0 Å². The van der Waals surface area contributed by atoms with Crippen molar-refractivity contribution in [2.45, 2.75) is 39.4 Å². The van der Waals surface area contributed by atoms with E-state index in [1.165, 1.54) is 0 Å². The van der Waals surface area contributed by atoms with E-state index in [9.17, 15) is 9.59 Å². The lowest BCUT2D eigenvalue weighted by Gasteiger charge is -2.24. The van der Waals surface area contributed by atoms with Gasteiger partial charge in [0.15, 0.2) is 0 Å². The lowest BCUT2D eigenvalue weighted by atomic mass is 10.0. The second kappa shape index (κ2) is 8.67. The quantitative estimate of drug-likeness (QED) is 0.794. The van der Waals surface area contributed by atoms with Gasteiger partial charge in [-0.15, -0.1) is 0 Å². The molecule has 2 amide bonds. The van der Waals surface area contributed by atoms with E-state index in [-0.39, 0.29) is 23.8 Å². The first-order valence-corrected chi connectivity index (χ1v) is 8.57. The van der Waals surface area contributed by atoms with Gasteiger partial charge in [-0.2, -0.15) is 0 Å². The van der Waals surface area contributed by atoms with Gasteiger partial charge in [-0.25, -0.2) is 4.98 Å². The predicted molar refractivity (Wildman–Crippen MR) is 97.4 cm³/mol. The van der Waals surface area contributed by atoms with Crippen LogP contribution in [-0.4, -0.2) is 33.4 Å². The van der Waals surface area contributed by atoms with E-state index in [0.29, 0.717) is 17.1 Å². The van der Waals surface area contributed by atoms with Crippen LogP contribution in [0.15, 0.2) is 43.0 Å². The molecular weight excluding hydrogens is 340 g/mol. The van der Waals surface area contributed by atoms with Crippen LogP contribution in [0.3, 0.4) is 0 Å². The first-order chi connectivity index (χ1) is 11.9. The minimum atomic E-state index is -0.617. The monoisotopic (exact) mass is 362 g/mol. The van der Waals surface area contributed by atoms with Crippen molar-refractivity contribution in [2.24, 2.45) is 5.92 Å². The Morgan fingerprint density at radius 2 is 1.84 bits per heavy atom. The third kappa shape index (κ3) is 5.60. The molecule has 0 spiro atoms. The zero-order valence-electron chi connectivity index (χ0n) is 14.6. The summed E-state index contributed by atoms with van der Waals surface area (Å²) in [5.74, 6) is -0.547. The summed E-state index contributed by atoms with van der Waals surface area (Å²) in [5.41, 5.74) is 0.467. The number of benzene rings is 1. The number of hydrogen-bond acceptors (Lipinski definition) is 3. The van der Waals surface area contributed by atoms with Gasteiger partial charge in [0.05, 0.1) is 6.33 Å². The fourth-order valence-electron chi connectivity index (χ4n) is 2.45. The molecule has 1 aromatic heterocycles. The summed E-state index contributed by atoms with van der Waals surface area (Å²) in [5, 5.41) is 6.30. The molecule has 0 saturated heterocycles. The zero-order valence-corrected chi connectivity index (χ0v) is 15.3. The van der Waals surface area contributed by atoms with E-state index in [2.05, 4.69) is 15.6 Å². The van der Waals surface area contributed by atoms with Crippen molar-refractivity contribution in [1.82, 2.24) is 20.2 Å². The molecule has 2 atom stereocenters. The van der Waals surface area contributed by atoms with Gasteiger partial charge in [0.1, 0.15) is 6.04 Å². The molecule has 2 N–H and O–H groups in total. The van der Waals surface area contributed by atoms with Gasteiger partial charge in [-0.05, 0) is 37.1 Å². The van der Waals surface area contributed by atoms with E-state index in [0.717, 1.165) is 0 Å². The summed E-state index contributed by atoms with van der Waals surface area (Å²) < 4.78 is 1.89. The van der Waals surface area contributed by atoms with Crippen molar-refractivity contribution in [3.63, 3.8) is 0 Å². The maximum atomic E-state index is 12.6. The van der Waals surface area contributed by atoms with E-state index >= 15 is 0 Å². The molecule has 0 bridgehead atoms. The zero-order chi connectivity index (χ0) is 18.4. The number of hydrogen-bond donors (Lipinski definition) is 2. The van der Waals surface area contributed by atoms with Crippen molar-refractivity contribution in [3.05, 3.63) is 53.6 Å². The second-order valence-electron chi connectivity index (χ2n) is 6.37. The largest absolute Gasteiger partial charge is 0.350 e. The maximum absolute atomic E-state index is 12.6. The third-order valence-electron chi connectivity index (χ3n) is 3.77. The van der Waals surface area contributed by atoms with Crippen LogP contribution in [0.4, 0.5) is 0 Å². The average Bonchev–Trinajstić information content (AvgIpc) is 3.05. The van der Waals surface area contributed by atoms with Crippen LogP contribution in [0.5, 0.6) is 0 Å². The van der Waals surface area contributed by atoms with Crippen LogP contribution < -0.4 is 10.6 Å². The topological polar surface area (TPSA) is 76.0 Å². The third-order valence-corrected chi connectivity index (χ3v) is 4.03. The second-order valence-corrected chi connectivity index (χ2v) is 6.81. The molecule has 0 aliphatic carbocycles. The van der Waals surface area contributed by atoms with Crippen LogP contribution >= 0.6 is 11.6 Å². The van der Waals surface area contributed by atoms with Gasteiger partial charge < -0.3 is 15.2 Å². The Morgan fingerprint density at radius 1 is 1.16 bits per heavy atom. The molecule has 1 heterocycles. The summed E-state index contributed by atoms with van der Waals surface area (Å²) in [6, 6.07) is 5.86. The highest BCUT2D eigenvalue weighted by Crippen LogP contribution is 2.11. The average molecular weight is 363 g/mol. The highest BCUT2D eigenvalue weighted by atomic mass is 35.5. The van der Waals surface area contributed by atoms with Crippen LogP contribution in [-0.2, 0) is 11.3 Å². The van der Waals surface area contributed by atoms with Gasteiger partial charge in [-0.3, -0.25) is 9.59 Å². The molecule has 0 fully saturated rings. The first-order valence-electron chi connectivity index (χ1n) is 8.19. The van der Waals surface area contributed by atoms with Crippen molar-refractivity contribution in [2.75, 3.05) is 0 Å². The molecule has 0 radical (unpaired) electrons. The number of nitrogens with zero attached hydrogens (tertiary/aromatic N) is 2. The summed E-state index contributed by atoms with van der Waals surface area (Å²) in [6.45, 7) is 6.32. The molecular formula is C18H23ClN4O2. The number of amides is 2. The Balaban J connectivity index is 1.97. The Bertz CT molecular complexity index is 698. The number of halogens is 1. The van der Waals surface area contributed by atoms with Crippen LogP contribution in [0.25, 0.3) is 0 Å². The van der Waals surface area contributed by atoms with Gasteiger partial charge in [-0.1, -0.05) is 25.4 Å². The molecule has 134 valence electrons. The van der Waals surface area contributed by atoms with Gasteiger partial charge in [0.2, 0.25) is 5.91 Å². The summed E-state index contributed by atoms with van der Waals surface area (Å²) in [6.07, 6.45) is 5.23. The minimum Gasteiger partial charge on any atom is -0.350 e. The molecule has 0 saturated carbocycles. The Labute approximate surface area is 152 Å². The minimum absolute atomic E-state index is 0.0447. The molecule has 7 heteroatoms. The number of carbonyl (C=O) groups excluding carboxylic acids is 2. The number of imidazole rings is 1. The molecule has 2 aromatic rings.